The number of hydrogen-bond donors (Lipinski definition) is 1. The van der Waals surface area contributed by atoms with Crippen LogP contribution in [0.15, 0.2) is 34.9 Å². The fourth-order valence-electron chi connectivity index (χ4n) is 8.60. The first-order valence-electron chi connectivity index (χ1n) is 13.2. The third-order valence-corrected chi connectivity index (χ3v) is 11.0. The minimum atomic E-state index is -0.214. The molecule has 33 heavy (non-hydrogen) atoms. The maximum atomic E-state index is 11.4. The first-order chi connectivity index (χ1) is 15.4. The van der Waals surface area contributed by atoms with E-state index in [4.69, 9.17) is 4.74 Å². The average Bonchev–Trinajstić information content (AvgIpc) is 3.02. The summed E-state index contributed by atoms with van der Waals surface area (Å²) in [6.07, 6.45) is 15.3. The van der Waals surface area contributed by atoms with Gasteiger partial charge in [-0.05, 0) is 104 Å². The molecule has 0 amide bonds. The summed E-state index contributed by atoms with van der Waals surface area (Å²) in [6, 6.07) is 0. The molecule has 4 aliphatic carbocycles. The Kier molecular flexibility index (Phi) is 6.30. The van der Waals surface area contributed by atoms with Gasteiger partial charge in [-0.25, -0.2) is 0 Å². The van der Waals surface area contributed by atoms with Gasteiger partial charge in [0.15, 0.2) is 0 Å². The van der Waals surface area contributed by atoms with Gasteiger partial charge in [-0.3, -0.25) is 4.79 Å². The van der Waals surface area contributed by atoms with Crippen molar-refractivity contribution in [2.45, 2.75) is 112 Å². The molecule has 0 bridgehead atoms. The molecule has 184 valence electrons. The van der Waals surface area contributed by atoms with Crippen LogP contribution in [0.4, 0.5) is 0 Å². The number of carbonyl (C=O) groups excluding carboxylic acids is 1. The quantitative estimate of drug-likeness (QED) is 0.342. The number of carbonyl (C=O) groups is 1. The van der Waals surface area contributed by atoms with Crippen molar-refractivity contribution < 1.29 is 14.6 Å². The monoisotopic (exact) mass is 454 g/mol. The predicted octanol–water partition coefficient (Wildman–Crippen LogP) is 7.16. The van der Waals surface area contributed by atoms with Crippen molar-refractivity contribution >= 4 is 6.47 Å². The third kappa shape index (κ3) is 3.60. The van der Waals surface area contributed by atoms with Crippen LogP contribution < -0.4 is 0 Å². The fourth-order valence-corrected chi connectivity index (χ4v) is 8.60. The molecule has 1 N–H and O–H groups in total. The summed E-state index contributed by atoms with van der Waals surface area (Å²) in [5, 5.41) is 10.8. The summed E-state index contributed by atoms with van der Waals surface area (Å²) < 4.78 is 5.77. The standard InChI is InChI=1S/C30H46O3/c1-20(2)9-8-10-24(33-19-31)23-14-18-29(6)22-11-12-25-27(3,4)26(32)15-16-28(25,5)21(22)13-17-30(23,29)7/h9,11,13,19,23-26,32H,8,10,12,14-18H2,1-7H3/t23-,24-,25+,26+,28-,29+,30-/m1/s1. The molecule has 0 spiro atoms. The molecule has 0 heterocycles. The minimum absolute atomic E-state index is 0.0174. The van der Waals surface area contributed by atoms with E-state index in [0.29, 0.717) is 18.3 Å². The second-order valence-corrected chi connectivity index (χ2v) is 13.0. The van der Waals surface area contributed by atoms with E-state index >= 15 is 0 Å². The highest BCUT2D eigenvalue weighted by Crippen LogP contribution is 2.71. The number of ether oxygens (including phenoxy) is 1. The maximum Gasteiger partial charge on any atom is 0.293 e. The normalized spacial score (nSPS) is 42.1. The Morgan fingerprint density at radius 3 is 2.52 bits per heavy atom. The van der Waals surface area contributed by atoms with Crippen LogP contribution in [0.3, 0.4) is 0 Å². The summed E-state index contributed by atoms with van der Waals surface area (Å²) in [7, 11) is 0. The van der Waals surface area contributed by atoms with Gasteiger partial charge in [-0.1, -0.05) is 58.4 Å². The molecule has 3 heteroatoms. The molecule has 2 saturated carbocycles. The van der Waals surface area contributed by atoms with E-state index in [-0.39, 0.29) is 33.9 Å². The Hall–Kier alpha value is -1.35. The lowest BCUT2D eigenvalue weighted by Crippen LogP contribution is -2.54. The Morgan fingerprint density at radius 2 is 1.85 bits per heavy atom. The molecule has 0 aliphatic heterocycles. The molecule has 0 radical (unpaired) electrons. The van der Waals surface area contributed by atoms with Crippen molar-refractivity contribution in [3.05, 3.63) is 34.9 Å². The molecule has 4 aliphatic rings. The van der Waals surface area contributed by atoms with Gasteiger partial charge in [0.1, 0.15) is 6.10 Å². The summed E-state index contributed by atoms with van der Waals surface area (Å²) >= 11 is 0. The molecule has 4 rings (SSSR count). The molecule has 0 unspecified atom stereocenters. The van der Waals surface area contributed by atoms with Gasteiger partial charge in [0, 0.05) is 5.92 Å². The first kappa shape index (κ1) is 24.8. The third-order valence-electron chi connectivity index (χ3n) is 11.0. The van der Waals surface area contributed by atoms with Gasteiger partial charge in [-0.15, -0.1) is 0 Å². The fraction of sp³-hybridized carbons (Fsp3) is 0.767. The van der Waals surface area contributed by atoms with Gasteiger partial charge >= 0.3 is 0 Å². The molecule has 7 atom stereocenters. The Bertz CT molecular complexity index is 875. The smallest absolute Gasteiger partial charge is 0.293 e. The van der Waals surface area contributed by atoms with Crippen molar-refractivity contribution in [1.82, 2.24) is 0 Å². The summed E-state index contributed by atoms with van der Waals surface area (Å²) in [6.45, 7) is 16.9. The van der Waals surface area contributed by atoms with E-state index in [1.165, 1.54) is 5.57 Å². The highest BCUT2D eigenvalue weighted by Gasteiger charge is 2.63. The summed E-state index contributed by atoms with van der Waals surface area (Å²) in [5.74, 6) is 0.858. The number of hydrogen-bond acceptors (Lipinski definition) is 3. The topological polar surface area (TPSA) is 46.5 Å². The second-order valence-electron chi connectivity index (χ2n) is 13.0. The van der Waals surface area contributed by atoms with Crippen molar-refractivity contribution in [3.63, 3.8) is 0 Å². The number of aliphatic hydroxyl groups excluding tert-OH is 1. The molecule has 0 saturated heterocycles. The van der Waals surface area contributed by atoms with Crippen molar-refractivity contribution in [1.29, 1.82) is 0 Å². The zero-order valence-electron chi connectivity index (χ0n) is 22.0. The lowest BCUT2D eigenvalue weighted by molar-refractivity contribution is -0.140. The SMILES string of the molecule is CC(C)=CCC[C@@H](OC=O)[C@H]1CC[C@@]2(C)C3=CC[C@H]4C(C)(C)[C@@H](O)CC[C@]4(C)C3=CC[C@]12C. The average molecular weight is 455 g/mol. The molecular weight excluding hydrogens is 408 g/mol. The highest BCUT2D eigenvalue weighted by atomic mass is 16.5. The lowest BCUT2D eigenvalue weighted by Gasteiger charge is -2.61. The molecule has 2 fully saturated rings. The number of aliphatic hydroxyl groups is 1. The largest absolute Gasteiger partial charge is 0.464 e. The maximum absolute atomic E-state index is 11.4. The molecular formula is C30H46O3. The van der Waals surface area contributed by atoms with E-state index in [1.807, 2.05) is 0 Å². The lowest BCUT2D eigenvalue weighted by atomic mass is 9.44. The zero-order chi connectivity index (χ0) is 24.2. The summed E-state index contributed by atoms with van der Waals surface area (Å²) in [5.41, 5.74) is 4.73. The van der Waals surface area contributed by atoms with Gasteiger partial charge in [0.25, 0.3) is 6.47 Å². The highest BCUT2D eigenvalue weighted by molar-refractivity contribution is 5.50. The van der Waals surface area contributed by atoms with Crippen LogP contribution in [0.25, 0.3) is 0 Å². The van der Waals surface area contributed by atoms with Crippen molar-refractivity contribution in [3.8, 4) is 0 Å². The van der Waals surface area contributed by atoms with Gasteiger partial charge in [0.2, 0.25) is 0 Å². The number of rotatable bonds is 6. The van der Waals surface area contributed by atoms with Crippen LogP contribution in [0.1, 0.15) is 99.8 Å². The summed E-state index contributed by atoms with van der Waals surface area (Å²) in [4.78, 5) is 11.4. The number of fused-ring (bicyclic) bond motifs is 5. The van der Waals surface area contributed by atoms with E-state index < -0.39 is 0 Å². The second kappa shape index (κ2) is 8.40. The van der Waals surface area contributed by atoms with Crippen LogP contribution >= 0.6 is 0 Å². The predicted molar refractivity (Wildman–Crippen MR) is 135 cm³/mol. The van der Waals surface area contributed by atoms with Gasteiger partial charge in [-0.2, -0.15) is 0 Å². The zero-order valence-corrected chi connectivity index (χ0v) is 22.0. The number of allylic oxidation sites excluding steroid dienone is 6. The van der Waals surface area contributed by atoms with Crippen molar-refractivity contribution in [2.24, 2.45) is 33.5 Å². The Morgan fingerprint density at radius 1 is 1.12 bits per heavy atom. The molecule has 3 nitrogen and oxygen atoms in total. The van der Waals surface area contributed by atoms with Gasteiger partial charge < -0.3 is 9.84 Å². The van der Waals surface area contributed by atoms with E-state index in [1.54, 1.807) is 11.1 Å². The Balaban J connectivity index is 1.68. The molecule has 0 aromatic carbocycles. The molecule has 0 aromatic heterocycles. The van der Waals surface area contributed by atoms with Crippen molar-refractivity contribution in [2.75, 3.05) is 0 Å². The van der Waals surface area contributed by atoms with Crippen LogP contribution in [0.2, 0.25) is 0 Å². The molecule has 0 aromatic rings. The van der Waals surface area contributed by atoms with Crippen LogP contribution in [0.5, 0.6) is 0 Å². The minimum Gasteiger partial charge on any atom is -0.464 e. The van der Waals surface area contributed by atoms with E-state index in [0.717, 1.165) is 51.4 Å². The first-order valence-corrected chi connectivity index (χ1v) is 13.2. The van der Waals surface area contributed by atoms with Crippen LogP contribution in [-0.4, -0.2) is 23.8 Å². The Labute approximate surface area is 201 Å². The van der Waals surface area contributed by atoms with Gasteiger partial charge in [0.05, 0.1) is 6.10 Å². The van der Waals surface area contributed by atoms with Crippen LogP contribution in [-0.2, 0) is 9.53 Å². The van der Waals surface area contributed by atoms with Crippen LogP contribution in [0, 0.1) is 33.5 Å². The van der Waals surface area contributed by atoms with E-state index in [2.05, 4.69) is 66.7 Å². The van der Waals surface area contributed by atoms with E-state index in [9.17, 15) is 9.90 Å².